The van der Waals surface area contributed by atoms with Crippen LogP contribution in [0.1, 0.15) is 19.0 Å². The zero-order valence-corrected chi connectivity index (χ0v) is 7.50. The van der Waals surface area contributed by atoms with Crippen LogP contribution in [-0.4, -0.2) is 9.55 Å². The number of nitrogens with zero attached hydrogens (tertiary/aromatic N) is 2. The predicted molar refractivity (Wildman–Crippen MR) is 46.9 cm³/mol. The highest BCUT2D eigenvalue weighted by Crippen LogP contribution is 2.12. The third-order valence-corrected chi connectivity index (χ3v) is 1.55. The van der Waals surface area contributed by atoms with E-state index in [-0.39, 0.29) is 6.54 Å². The highest BCUT2D eigenvalue weighted by atomic mass is 19.3. The molecular weight excluding hydrogens is 190 g/mol. The van der Waals surface area contributed by atoms with Crippen LogP contribution in [0.15, 0.2) is 17.2 Å². The maximum atomic E-state index is 12.1. The minimum absolute atomic E-state index is 0.172. The van der Waals surface area contributed by atoms with Crippen LogP contribution in [0, 0.1) is 11.8 Å². The summed E-state index contributed by atoms with van der Waals surface area (Å²) in [5.41, 5.74) is -1.02. The summed E-state index contributed by atoms with van der Waals surface area (Å²) in [4.78, 5) is 14.6. The van der Waals surface area contributed by atoms with Gasteiger partial charge in [0.05, 0.1) is 12.9 Å². The van der Waals surface area contributed by atoms with Gasteiger partial charge in [-0.05, 0) is 6.92 Å². The summed E-state index contributed by atoms with van der Waals surface area (Å²) in [5, 5.41) is 0. The van der Waals surface area contributed by atoms with E-state index in [1.165, 1.54) is 4.57 Å². The van der Waals surface area contributed by atoms with Gasteiger partial charge in [-0.25, -0.2) is 13.8 Å². The number of hydrogen-bond acceptors (Lipinski definition) is 2. The van der Waals surface area contributed by atoms with Crippen molar-refractivity contribution < 1.29 is 8.78 Å². The molecular formula is C9H8F2N2O. The molecule has 0 radical (unpaired) electrons. The smallest absolute Gasteiger partial charge is 0.280 e. The number of aromatic nitrogens is 2. The Balaban J connectivity index is 3.00. The number of rotatable bonds is 2. The Morgan fingerprint density at radius 2 is 2.36 bits per heavy atom. The molecule has 0 N–H and O–H groups in total. The summed E-state index contributed by atoms with van der Waals surface area (Å²) in [5.74, 6) is 5.23. The van der Waals surface area contributed by atoms with Gasteiger partial charge in [0.1, 0.15) is 5.69 Å². The fourth-order valence-electron chi connectivity index (χ4n) is 0.842. The SMILES string of the molecule is CC#CCn1cnc(C(F)F)cc1=O. The van der Waals surface area contributed by atoms with E-state index >= 15 is 0 Å². The summed E-state index contributed by atoms with van der Waals surface area (Å²) >= 11 is 0. The van der Waals surface area contributed by atoms with Crippen molar-refractivity contribution in [1.29, 1.82) is 0 Å². The van der Waals surface area contributed by atoms with E-state index in [1.54, 1.807) is 6.92 Å². The molecule has 5 heteroatoms. The number of alkyl halides is 2. The van der Waals surface area contributed by atoms with E-state index in [2.05, 4.69) is 16.8 Å². The lowest BCUT2D eigenvalue weighted by Crippen LogP contribution is -2.20. The lowest BCUT2D eigenvalue weighted by Gasteiger charge is -2.01. The molecule has 0 atom stereocenters. The first-order chi connectivity index (χ1) is 6.65. The average Bonchev–Trinajstić information content (AvgIpc) is 2.15. The summed E-state index contributed by atoms with van der Waals surface area (Å²) in [6.07, 6.45) is -1.64. The van der Waals surface area contributed by atoms with Crippen LogP contribution in [0.4, 0.5) is 8.78 Å². The lowest BCUT2D eigenvalue weighted by atomic mass is 10.4. The van der Waals surface area contributed by atoms with E-state index < -0.39 is 17.7 Å². The van der Waals surface area contributed by atoms with Crippen molar-refractivity contribution in [2.75, 3.05) is 0 Å². The molecule has 74 valence electrons. The topological polar surface area (TPSA) is 34.9 Å². The molecule has 0 unspecified atom stereocenters. The molecule has 0 aliphatic heterocycles. The molecule has 1 heterocycles. The van der Waals surface area contributed by atoms with Crippen molar-refractivity contribution in [3.05, 3.63) is 28.4 Å². The van der Waals surface area contributed by atoms with Crippen LogP contribution in [0.25, 0.3) is 0 Å². The van der Waals surface area contributed by atoms with Crippen LogP contribution in [-0.2, 0) is 6.54 Å². The van der Waals surface area contributed by atoms with Gasteiger partial charge >= 0.3 is 0 Å². The Morgan fingerprint density at radius 3 is 2.86 bits per heavy atom. The molecule has 0 fully saturated rings. The molecule has 1 aromatic rings. The summed E-state index contributed by atoms with van der Waals surface area (Å²) in [6.45, 7) is 1.80. The van der Waals surface area contributed by atoms with Gasteiger partial charge < -0.3 is 0 Å². The van der Waals surface area contributed by atoms with Crippen molar-refractivity contribution in [3.8, 4) is 11.8 Å². The van der Waals surface area contributed by atoms with Crippen LogP contribution in [0.5, 0.6) is 0 Å². The van der Waals surface area contributed by atoms with Gasteiger partial charge in [0.2, 0.25) is 0 Å². The van der Waals surface area contributed by atoms with Gasteiger partial charge in [0.15, 0.2) is 0 Å². The van der Waals surface area contributed by atoms with E-state index in [4.69, 9.17) is 0 Å². The summed E-state index contributed by atoms with van der Waals surface area (Å²) in [6, 6.07) is 0.821. The Kier molecular flexibility index (Phi) is 3.35. The number of halogens is 2. The molecule has 3 nitrogen and oxygen atoms in total. The van der Waals surface area contributed by atoms with E-state index in [0.717, 1.165) is 12.4 Å². The second-order valence-electron chi connectivity index (χ2n) is 2.51. The van der Waals surface area contributed by atoms with Crippen molar-refractivity contribution in [3.63, 3.8) is 0 Å². The van der Waals surface area contributed by atoms with Crippen molar-refractivity contribution >= 4 is 0 Å². The first kappa shape index (κ1) is 10.4. The van der Waals surface area contributed by atoms with Gasteiger partial charge in [0.25, 0.3) is 12.0 Å². The standard InChI is InChI=1S/C9H8F2N2O/c1-2-3-4-13-6-12-7(9(10)11)5-8(13)14/h5-6,9H,4H2,1H3. The minimum atomic E-state index is -2.71. The lowest BCUT2D eigenvalue weighted by molar-refractivity contribution is 0.145. The number of hydrogen-bond donors (Lipinski definition) is 0. The Morgan fingerprint density at radius 1 is 1.64 bits per heavy atom. The predicted octanol–water partition coefficient (Wildman–Crippen LogP) is 1.20. The van der Waals surface area contributed by atoms with Crippen LogP contribution < -0.4 is 5.56 Å². The third-order valence-electron chi connectivity index (χ3n) is 1.55. The molecule has 0 aromatic carbocycles. The van der Waals surface area contributed by atoms with Gasteiger partial charge in [-0.2, -0.15) is 0 Å². The highest BCUT2D eigenvalue weighted by molar-refractivity contribution is 5.03. The minimum Gasteiger partial charge on any atom is -0.287 e. The first-order valence-corrected chi connectivity index (χ1v) is 3.89. The second kappa shape index (κ2) is 4.51. The molecule has 0 saturated carbocycles. The van der Waals surface area contributed by atoms with Crippen LogP contribution in [0.3, 0.4) is 0 Å². The molecule has 0 amide bonds. The Hall–Kier alpha value is -1.70. The third kappa shape index (κ3) is 2.39. The van der Waals surface area contributed by atoms with E-state index in [9.17, 15) is 13.6 Å². The summed E-state index contributed by atoms with van der Waals surface area (Å²) in [7, 11) is 0. The van der Waals surface area contributed by atoms with Gasteiger partial charge in [-0.3, -0.25) is 9.36 Å². The first-order valence-electron chi connectivity index (χ1n) is 3.89. The molecule has 0 aliphatic carbocycles. The molecule has 1 rings (SSSR count). The van der Waals surface area contributed by atoms with Crippen LogP contribution in [0.2, 0.25) is 0 Å². The molecule has 1 aromatic heterocycles. The quantitative estimate of drug-likeness (QED) is 0.669. The maximum Gasteiger partial charge on any atom is 0.280 e. The Labute approximate surface area is 79.4 Å². The largest absolute Gasteiger partial charge is 0.287 e. The van der Waals surface area contributed by atoms with Crippen LogP contribution >= 0.6 is 0 Å². The normalized spacial score (nSPS) is 9.71. The maximum absolute atomic E-state index is 12.1. The Bertz CT molecular complexity index is 428. The molecule has 14 heavy (non-hydrogen) atoms. The van der Waals surface area contributed by atoms with Crippen molar-refractivity contribution in [1.82, 2.24) is 9.55 Å². The monoisotopic (exact) mass is 198 g/mol. The van der Waals surface area contributed by atoms with Gasteiger partial charge in [-0.1, -0.05) is 5.92 Å². The van der Waals surface area contributed by atoms with Crippen molar-refractivity contribution in [2.24, 2.45) is 0 Å². The fraction of sp³-hybridized carbons (Fsp3) is 0.333. The highest BCUT2D eigenvalue weighted by Gasteiger charge is 2.09. The summed E-state index contributed by atoms with van der Waals surface area (Å²) < 4.78 is 25.4. The van der Waals surface area contributed by atoms with Gasteiger partial charge in [0, 0.05) is 6.07 Å². The average molecular weight is 198 g/mol. The van der Waals surface area contributed by atoms with Gasteiger partial charge in [-0.15, -0.1) is 5.92 Å². The zero-order chi connectivity index (χ0) is 10.6. The molecule has 0 aliphatic rings. The zero-order valence-electron chi connectivity index (χ0n) is 7.50. The van der Waals surface area contributed by atoms with E-state index in [1.807, 2.05) is 0 Å². The van der Waals surface area contributed by atoms with E-state index in [0.29, 0.717) is 0 Å². The molecule has 0 saturated heterocycles. The van der Waals surface area contributed by atoms with Crippen molar-refractivity contribution in [2.45, 2.75) is 19.9 Å². The molecule has 0 bridgehead atoms. The second-order valence-corrected chi connectivity index (χ2v) is 2.51. The fourth-order valence-corrected chi connectivity index (χ4v) is 0.842. The molecule has 0 spiro atoms.